The summed E-state index contributed by atoms with van der Waals surface area (Å²) in [6.07, 6.45) is 3.40. The average molecular weight is 427 g/mol. The summed E-state index contributed by atoms with van der Waals surface area (Å²) < 4.78 is 6.96. The normalized spacial score (nSPS) is 31.3. The predicted octanol–water partition coefficient (Wildman–Crippen LogP) is 6.07. The van der Waals surface area contributed by atoms with Crippen molar-refractivity contribution in [1.82, 2.24) is 9.88 Å². The second-order valence-corrected chi connectivity index (χ2v) is 10.4. The molecule has 2 aliphatic carbocycles. The molecule has 0 saturated carbocycles. The van der Waals surface area contributed by atoms with E-state index in [1.165, 1.54) is 38.9 Å². The number of pyridine rings is 1. The SMILES string of the molecule is CC.Cc1ccc2c3c1O[C@H]1c4nc5ccccc5c(C)c4C[C@@]4(C)[C@@H](C2)N(C)CC[C@]314. The van der Waals surface area contributed by atoms with Gasteiger partial charge in [-0.05, 0) is 75.0 Å². The second kappa shape index (κ2) is 6.57. The molecule has 1 fully saturated rings. The van der Waals surface area contributed by atoms with Crippen molar-refractivity contribution in [2.24, 2.45) is 5.41 Å². The minimum absolute atomic E-state index is 0.0286. The predicted molar refractivity (Wildman–Crippen MR) is 131 cm³/mol. The fraction of sp³-hybridized carbons (Fsp3) is 0.483. The highest BCUT2D eigenvalue weighted by molar-refractivity contribution is 5.84. The smallest absolute Gasteiger partial charge is 0.151 e. The lowest BCUT2D eigenvalue weighted by atomic mass is 9.44. The molecule has 2 aromatic carbocycles. The van der Waals surface area contributed by atoms with Gasteiger partial charge in [0.2, 0.25) is 0 Å². The maximum Gasteiger partial charge on any atom is 0.151 e. The molecule has 2 aliphatic heterocycles. The van der Waals surface area contributed by atoms with Crippen LogP contribution < -0.4 is 4.74 Å². The Morgan fingerprint density at radius 1 is 1.09 bits per heavy atom. The zero-order chi connectivity index (χ0) is 22.4. The van der Waals surface area contributed by atoms with E-state index in [4.69, 9.17) is 9.72 Å². The minimum atomic E-state index is 0.0286. The molecule has 0 N–H and O–H groups in total. The van der Waals surface area contributed by atoms with Gasteiger partial charge < -0.3 is 9.64 Å². The van der Waals surface area contributed by atoms with E-state index in [1.807, 2.05) is 13.8 Å². The van der Waals surface area contributed by atoms with Gasteiger partial charge in [-0.2, -0.15) is 0 Å². The van der Waals surface area contributed by atoms with Crippen LogP contribution in [0.2, 0.25) is 0 Å². The number of benzene rings is 2. The first-order valence-electron chi connectivity index (χ1n) is 12.3. The van der Waals surface area contributed by atoms with E-state index in [-0.39, 0.29) is 16.9 Å². The molecule has 4 aliphatic rings. The number of para-hydroxylation sites is 1. The Kier molecular flexibility index (Phi) is 4.16. The number of aromatic nitrogens is 1. The minimum Gasteiger partial charge on any atom is -0.483 e. The average Bonchev–Trinajstić information content (AvgIpc) is 3.16. The largest absolute Gasteiger partial charge is 0.483 e. The lowest BCUT2D eigenvalue weighted by Crippen LogP contribution is -2.68. The molecule has 0 unspecified atom stereocenters. The van der Waals surface area contributed by atoms with E-state index in [0.717, 1.165) is 37.1 Å². The molecule has 4 atom stereocenters. The van der Waals surface area contributed by atoms with Crippen LogP contribution in [0, 0.1) is 19.3 Å². The van der Waals surface area contributed by atoms with Crippen LogP contribution in [-0.4, -0.2) is 29.5 Å². The molecule has 3 heteroatoms. The first kappa shape index (κ1) is 20.2. The third-order valence-electron chi connectivity index (χ3n) is 9.23. The Morgan fingerprint density at radius 2 is 1.88 bits per heavy atom. The van der Waals surface area contributed by atoms with Crippen molar-refractivity contribution < 1.29 is 4.74 Å². The summed E-state index contributed by atoms with van der Waals surface area (Å²) in [6, 6.07) is 13.8. The molecule has 0 amide bonds. The van der Waals surface area contributed by atoms with Crippen LogP contribution in [0.1, 0.15) is 66.8 Å². The summed E-state index contributed by atoms with van der Waals surface area (Å²) in [5.41, 5.74) is 9.63. The summed E-state index contributed by atoms with van der Waals surface area (Å²) in [7, 11) is 2.33. The van der Waals surface area contributed by atoms with Gasteiger partial charge in [-0.25, -0.2) is 4.98 Å². The van der Waals surface area contributed by atoms with Crippen molar-refractivity contribution in [1.29, 1.82) is 0 Å². The second-order valence-electron chi connectivity index (χ2n) is 10.4. The Hall–Kier alpha value is -2.39. The van der Waals surface area contributed by atoms with Gasteiger partial charge in [0.25, 0.3) is 0 Å². The van der Waals surface area contributed by atoms with E-state index in [2.05, 4.69) is 69.1 Å². The van der Waals surface area contributed by atoms with Gasteiger partial charge in [-0.1, -0.05) is 51.1 Å². The zero-order valence-electron chi connectivity index (χ0n) is 20.2. The Balaban J connectivity index is 0.000000953. The van der Waals surface area contributed by atoms with Crippen LogP contribution in [0.25, 0.3) is 10.9 Å². The van der Waals surface area contributed by atoms with Gasteiger partial charge >= 0.3 is 0 Å². The molecule has 3 heterocycles. The molecule has 0 radical (unpaired) electrons. The van der Waals surface area contributed by atoms with Gasteiger partial charge in [0, 0.05) is 22.4 Å². The van der Waals surface area contributed by atoms with E-state index < -0.39 is 0 Å². The molecule has 1 aromatic heterocycles. The summed E-state index contributed by atoms with van der Waals surface area (Å²) in [4.78, 5) is 7.90. The van der Waals surface area contributed by atoms with Gasteiger partial charge in [0.05, 0.1) is 16.6 Å². The Labute approximate surface area is 191 Å². The maximum absolute atomic E-state index is 6.96. The molecule has 7 rings (SSSR count). The third-order valence-corrected chi connectivity index (χ3v) is 9.23. The van der Waals surface area contributed by atoms with Crippen LogP contribution in [0.4, 0.5) is 0 Å². The number of rotatable bonds is 0. The molecule has 32 heavy (non-hydrogen) atoms. The molecule has 1 saturated heterocycles. The Morgan fingerprint density at radius 3 is 2.69 bits per heavy atom. The highest BCUT2D eigenvalue weighted by Gasteiger charge is 2.70. The quantitative estimate of drug-likeness (QED) is 0.436. The number of likely N-dealkylation sites (N-methyl/N-ethyl adjacent to an activating group) is 1. The van der Waals surface area contributed by atoms with Gasteiger partial charge in [-0.15, -0.1) is 0 Å². The van der Waals surface area contributed by atoms with Crippen molar-refractivity contribution in [2.45, 2.75) is 71.4 Å². The number of aryl methyl sites for hydroxylation is 2. The van der Waals surface area contributed by atoms with E-state index in [1.54, 1.807) is 0 Å². The number of hydrogen-bond acceptors (Lipinski definition) is 3. The number of piperidine rings is 1. The summed E-state index contributed by atoms with van der Waals surface area (Å²) in [5.74, 6) is 1.16. The summed E-state index contributed by atoms with van der Waals surface area (Å²) >= 11 is 0. The van der Waals surface area contributed by atoms with Crippen molar-refractivity contribution >= 4 is 10.9 Å². The maximum atomic E-state index is 6.96. The van der Waals surface area contributed by atoms with Crippen LogP contribution in [0.5, 0.6) is 5.75 Å². The zero-order valence-corrected chi connectivity index (χ0v) is 20.2. The van der Waals surface area contributed by atoms with Crippen LogP contribution in [0.3, 0.4) is 0 Å². The van der Waals surface area contributed by atoms with E-state index in [0.29, 0.717) is 6.04 Å². The van der Waals surface area contributed by atoms with Gasteiger partial charge in [0.1, 0.15) is 5.75 Å². The standard InChI is InChI=1S/C27H28N2O.C2H6/c1-15-9-10-17-13-21-26(3)14-19-16(2)18-7-5-6-8-20(18)28-23(19)25-27(26,11-12-29(21)4)22(17)24(15)30-25;1-2/h5-10,21,25H,11-14H2,1-4H3;1-2H3/t21-,25+,26+,27+;/m1./s1. The number of hydrogen-bond donors (Lipinski definition) is 0. The fourth-order valence-electron chi connectivity index (χ4n) is 7.71. The molecular formula is C29H34N2O. The number of ether oxygens (including phenoxy) is 1. The van der Waals surface area contributed by atoms with E-state index >= 15 is 0 Å². The molecule has 1 spiro atoms. The van der Waals surface area contributed by atoms with Gasteiger partial charge in [-0.3, -0.25) is 0 Å². The highest BCUT2D eigenvalue weighted by atomic mass is 16.5. The fourth-order valence-corrected chi connectivity index (χ4v) is 7.71. The van der Waals surface area contributed by atoms with Crippen LogP contribution in [0.15, 0.2) is 36.4 Å². The lowest BCUT2D eigenvalue weighted by Gasteiger charge is -2.64. The lowest BCUT2D eigenvalue weighted by molar-refractivity contribution is -0.0910. The molecule has 3 nitrogen and oxygen atoms in total. The Bertz CT molecular complexity index is 1260. The molecule has 2 bridgehead atoms. The monoisotopic (exact) mass is 426 g/mol. The van der Waals surface area contributed by atoms with Crippen molar-refractivity contribution in [3.63, 3.8) is 0 Å². The highest BCUT2D eigenvalue weighted by Crippen LogP contribution is 2.71. The summed E-state index contributed by atoms with van der Waals surface area (Å²) in [5, 5.41) is 1.29. The number of nitrogens with zero attached hydrogens (tertiary/aromatic N) is 2. The summed E-state index contributed by atoms with van der Waals surface area (Å²) in [6.45, 7) is 12.2. The number of likely N-dealkylation sites (tertiary alicyclic amines) is 1. The molecular weight excluding hydrogens is 392 g/mol. The first-order chi connectivity index (χ1) is 15.5. The topological polar surface area (TPSA) is 25.4 Å². The van der Waals surface area contributed by atoms with Crippen molar-refractivity contribution in [2.75, 3.05) is 13.6 Å². The van der Waals surface area contributed by atoms with Crippen LogP contribution in [-0.2, 0) is 18.3 Å². The van der Waals surface area contributed by atoms with Crippen molar-refractivity contribution in [3.8, 4) is 5.75 Å². The van der Waals surface area contributed by atoms with Crippen LogP contribution >= 0.6 is 0 Å². The molecule has 3 aromatic rings. The first-order valence-corrected chi connectivity index (χ1v) is 12.3. The third kappa shape index (κ3) is 2.14. The van der Waals surface area contributed by atoms with Gasteiger partial charge in [0.15, 0.2) is 6.10 Å². The molecule has 166 valence electrons. The van der Waals surface area contributed by atoms with Crippen molar-refractivity contribution in [3.05, 3.63) is 69.9 Å². The van der Waals surface area contributed by atoms with E-state index in [9.17, 15) is 0 Å². The number of fused-ring (bicyclic) bond motifs is 3.